The second-order valence-corrected chi connectivity index (χ2v) is 3.98. The van der Waals surface area contributed by atoms with Crippen molar-refractivity contribution in [2.75, 3.05) is 25.6 Å². The Kier molecular flexibility index (Phi) is 4.94. The van der Waals surface area contributed by atoms with E-state index >= 15 is 0 Å². The second-order valence-electron chi connectivity index (χ2n) is 3.98. The normalized spacial score (nSPS) is 10.1. The number of carbonyl (C=O) groups is 2. The minimum absolute atomic E-state index is 0.107. The number of benzene rings is 1. The predicted molar refractivity (Wildman–Crippen MR) is 72.8 cm³/mol. The Bertz CT molecular complexity index is 613. The number of nitrogens with zero attached hydrogens (tertiary/aromatic N) is 3. The molecule has 0 atom stereocenters. The number of methoxy groups -OCH3 is 1. The lowest BCUT2D eigenvalue weighted by atomic mass is 10.1. The Labute approximate surface area is 120 Å². The molecule has 2 rings (SSSR count). The van der Waals surface area contributed by atoms with Crippen LogP contribution in [-0.4, -0.2) is 52.7 Å². The van der Waals surface area contributed by atoms with Crippen LogP contribution >= 0.6 is 0 Å². The van der Waals surface area contributed by atoms with Crippen LogP contribution in [0.2, 0.25) is 0 Å². The number of para-hydroxylation sites is 1. The summed E-state index contributed by atoms with van der Waals surface area (Å²) in [5.74, 6) is -0.971. The van der Waals surface area contributed by atoms with Crippen molar-refractivity contribution in [2.24, 2.45) is 0 Å². The third kappa shape index (κ3) is 3.83. The van der Waals surface area contributed by atoms with E-state index in [9.17, 15) is 9.59 Å². The summed E-state index contributed by atoms with van der Waals surface area (Å²) in [6.45, 7) is 0.783. The number of aromatic nitrogens is 4. The highest BCUT2D eigenvalue weighted by Crippen LogP contribution is 2.15. The van der Waals surface area contributed by atoms with Gasteiger partial charge in [-0.05, 0) is 17.3 Å². The average Bonchev–Trinajstić information content (AvgIpc) is 3.02. The summed E-state index contributed by atoms with van der Waals surface area (Å²) in [4.78, 5) is 23.9. The number of nitrogens with one attached hydrogen (secondary N) is 3. The van der Waals surface area contributed by atoms with Crippen molar-refractivity contribution in [1.82, 2.24) is 25.9 Å². The molecule has 0 bridgehead atoms. The summed E-state index contributed by atoms with van der Waals surface area (Å²) < 4.78 is 4.86. The largest absolute Gasteiger partial charge is 0.383 e. The Morgan fingerprint density at radius 1 is 1.29 bits per heavy atom. The summed E-state index contributed by atoms with van der Waals surface area (Å²) in [6.07, 6.45) is 0. The molecule has 2 amide bonds. The van der Waals surface area contributed by atoms with E-state index in [1.54, 1.807) is 31.4 Å². The van der Waals surface area contributed by atoms with Crippen LogP contribution in [0.25, 0.3) is 0 Å². The number of tetrazole rings is 1. The van der Waals surface area contributed by atoms with E-state index in [1.807, 2.05) is 0 Å². The fourth-order valence-corrected chi connectivity index (χ4v) is 1.59. The van der Waals surface area contributed by atoms with Gasteiger partial charge in [-0.15, -0.1) is 10.2 Å². The molecule has 0 unspecified atom stereocenters. The van der Waals surface area contributed by atoms with Gasteiger partial charge in [-0.3, -0.25) is 9.59 Å². The molecular weight excluding hydrogens is 276 g/mol. The van der Waals surface area contributed by atoms with Gasteiger partial charge >= 0.3 is 0 Å². The van der Waals surface area contributed by atoms with Crippen LogP contribution in [0, 0.1) is 0 Å². The van der Waals surface area contributed by atoms with E-state index in [4.69, 9.17) is 4.74 Å². The molecule has 0 saturated heterocycles. The van der Waals surface area contributed by atoms with Gasteiger partial charge in [-0.1, -0.05) is 12.1 Å². The zero-order chi connectivity index (χ0) is 15.1. The maximum Gasteiger partial charge on any atom is 0.297 e. The van der Waals surface area contributed by atoms with Gasteiger partial charge in [-0.25, -0.2) is 0 Å². The standard InChI is InChI=1S/C12H14N6O3/c1-21-7-6-13-11(19)8-4-2-3-5-9(8)14-12(20)10-15-17-18-16-10/h2-5H,6-7H2,1H3,(H,13,19)(H,14,20)(H,15,16,17,18). The van der Waals surface area contributed by atoms with Crippen molar-refractivity contribution in [2.45, 2.75) is 0 Å². The quantitative estimate of drug-likeness (QED) is 0.635. The molecule has 21 heavy (non-hydrogen) atoms. The van der Waals surface area contributed by atoms with Crippen LogP contribution in [0.15, 0.2) is 24.3 Å². The van der Waals surface area contributed by atoms with Gasteiger partial charge in [0.1, 0.15) is 0 Å². The molecule has 0 saturated carbocycles. The van der Waals surface area contributed by atoms with Crippen LogP contribution in [-0.2, 0) is 4.74 Å². The van der Waals surface area contributed by atoms with E-state index in [0.717, 1.165) is 0 Å². The maximum absolute atomic E-state index is 12.0. The summed E-state index contributed by atoms with van der Waals surface area (Å²) in [5.41, 5.74) is 0.702. The lowest BCUT2D eigenvalue weighted by Gasteiger charge is -2.10. The van der Waals surface area contributed by atoms with E-state index < -0.39 is 5.91 Å². The van der Waals surface area contributed by atoms with Gasteiger partial charge in [0.15, 0.2) is 0 Å². The Balaban J connectivity index is 2.09. The molecule has 1 aromatic heterocycles. The fraction of sp³-hybridized carbons (Fsp3) is 0.250. The highest BCUT2D eigenvalue weighted by molar-refractivity contribution is 6.07. The number of rotatable bonds is 6. The lowest BCUT2D eigenvalue weighted by molar-refractivity contribution is 0.0938. The number of hydrogen-bond acceptors (Lipinski definition) is 6. The van der Waals surface area contributed by atoms with Crippen LogP contribution in [0.3, 0.4) is 0 Å². The third-order valence-corrected chi connectivity index (χ3v) is 2.56. The van der Waals surface area contributed by atoms with Crippen LogP contribution < -0.4 is 10.6 Å². The van der Waals surface area contributed by atoms with E-state index in [2.05, 4.69) is 31.3 Å². The number of aromatic amines is 1. The molecule has 0 radical (unpaired) electrons. The highest BCUT2D eigenvalue weighted by Gasteiger charge is 2.15. The van der Waals surface area contributed by atoms with Crippen molar-refractivity contribution in [1.29, 1.82) is 0 Å². The van der Waals surface area contributed by atoms with Crippen molar-refractivity contribution >= 4 is 17.5 Å². The molecule has 1 heterocycles. The van der Waals surface area contributed by atoms with Crippen molar-refractivity contribution in [3.05, 3.63) is 35.7 Å². The van der Waals surface area contributed by atoms with Crippen molar-refractivity contribution in [3.8, 4) is 0 Å². The monoisotopic (exact) mass is 290 g/mol. The summed E-state index contributed by atoms with van der Waals surface area (Å²) in [5, 5.41) is 17.9. The van der Waals surface area contributed by atoms with Gasteiger partial charge in [0.05, 0.1) is 17.9 Å². The fourth-order valence-electron chi connectivity index (χ4n) is 1.59. The van der Waals surface area contributed by atoms with Gasteiger partial charge in [-0.2, -0.15) is 5.21 Å². The maximum atomic E-state index is 12.0. The number of H-pyrrole nitrogens is 1. The zero-order valence-corrected chi connectivity index (χ0v) is 11.3. The van der Waals surface area contributed by atoms with E-state index in [-0.39, 0.29) is 11.7 Å². The van der Waals surface area contributed by atoms with E-state index in [0.29, 0.717) is 24.4 Å². The number of hydrogen-bond donors (Lipinski definition) is 3. The first-order chi connectivity index (χ1) is 10.2. The molecule has 0 aliphatic heterocycles. The molecule has 3 N–H and O–H groups in total. The lowest BCUT2D eigenvalue weighted by Crippen LogP contribution is -2.28. The topological polar surface area (TPSA) is 122 Å². The first kappa shape index (κ1) is 14.6. The van der Waals surface area contributed by atoms with Crippen LogP contribution in [0.1, 0.15) is 21.0 Å². The summed E-state index contributed by atoms with van der Waals surface area (Å²) >= 11 is 0. The highest BCUT2D eigenvalue weighted by atomic mass is 16.5. The number of ether oxygens (including phenoxy) is 1. The summed E-state index contributed by atoms with van der Waals surface area (Å²) in [7, 11) is 1.55. The average molecular weight is 290 g/mol. The van der Waals surface area contributed by atoms with Gasteiger partial charge in [0, 0.05) is 13.7 Å². The molecular formula is C12H14N6O3. The Hall–Kier alpha value is -2.81. The molecule has 2 aromatic rings. The second kappa shape index (κ2) is 7.10. The molecule has 0 fully saturated rings. The molecule has 0 aliphatic carbocycles. The minimum Gasteiger partial charge on any atom is -0.383 e. The SMILES string of the molecule is COCCNC(=O)c1ccccc1NC(=O)c1nn[nH]n1. The molecule has 1 aromatic carbocycles. The van der Waals surface area contributed by atoms with Crippen molar-refractivity contribution < 1.29 is 14.3 Å². The smallest absolute Gasteiger partial charge is 0.297 e. The predicted octanol–water partition coefficient (Wildman–Crippen LogP) is -0.172. The number of amides is 2. The molecule has 0 aliphatic rings. The first-order valence-corrected chi connectivity index (χ1v) is 6.13. The molecule has 9 nitrogen and oxygen atoms in total. The minimum atomic E-state index is -0.555. The number of carbonyl (C=O) groups excluding carboxylic acids is 2. The van der Waals surface area contributed by atoms with Gasteiger partial charge in [0.2, 0.25) is 0 Å². The summed E-state index contributed by atoms with van der Waals surface area (Å²) in [6, 6.07) is 6.63. The number of anilines is 1. The molecule has 9 heteroatoms. The van der Waals surface area contributed by atoms with Gasteiger partial charge < -0.3 is 15.4 Å². The zero-order valence-electron chi connectivity index (χ0n) is 11.3. The van der Waals surface area contributed by atoms with Crippen LogP contribution in [0.5, 0.6) is 0 Å². The van der Waals surface area contributed by atoms with Gasteiger partial charge in [0.25, 0.3) is 17.6 Å². The van der Waals surface area contributed by atoms with Crippen LogP contribution in [0.4, 0.5) is 5.69 Å². The van der Waals surface area contributed by atoms with Crippen molar-refractivity contribution in [3.63, 3.8) is 0 Å². The molecule has 0 spiro atoms. The Morgan fingerprint density at radius 3 is 2.81 bits per heavy atom. The Morgan fingerprint density at radius 2 is 2.10 bits per heavy atom. The first-order valence-electron chi connectivity index (χ1n) is 6.13. The third-order valence-electron chi connectivity index (χ3n) is 2.56. The van der Waals surface area contributed by atoms with E-state index in [1.165, 1.54) is 0 Å². The molecule has 110 valence electrons.